The van der Waals surface area contributed by atoms with Crippen LogP contribution in [0.3, 0.4) is 0 Å². The zero-order valence-electron chi connectivity index (χ0n) is 36.1. The minimum Gasteiger partial charge on any atom is -0.366 e. The van der Waals surface area contributed by atoms with Crippen molar-refractivity contribution in [2.75, 3.05) is 12.3 Å². The van der Waals surface area contributed by atoms with Crippen molar-refractivity contribution in [1.29, 1.82) is 0 Å². The molecule has 11 aromatic carbocycles. The van der Waals surface area contributed by atoms with Gasteiger partial charge in [0.2, 0.25) is 0 Å². The molecule has 0 aliphatic carbocycles. The van der Waals surface area contributed by atoms with Gasteiger partial charge in [-0.2, -0.15) is 0 Å². The van der Waals surface area contributed by atoms with Gasteiger partial charge in [-0.15, -0.1) is 23.3 Å². The van der Waals surface area contributed by atoms with Gasteiger partial charge in [-0.05, 0) is 91.6 Å². The van der Waals surface area contributed by atoms with E-state index in [1.54, 1.807) is 0 Å². The normalized spacial score (nSPS) is 10.5. The zero-order chi connectivity index (χ0) is 43.5. The number of fused-ring (bicyclic) bond motifs is 8. The molecular weight excluding hydrogens is 1200 g/mol. The predicted molar refractivity (Wildman–Crippen MR) is 284 cm³/mol. The Morgan fingerprint density at radius 2 is 0.576 bits per heavy atom. The molecule has 0 spiro atoms. The van der Waals surface area contributed by atoms with E-state index in [4.69, 9.17) is 12.8 Å². The van der Waals surface area contributed by atoms with E-state index in [-0.39, 0.29) is 44.8 Å². The smallest absolute Gasteiger partial charge is 0.366 e. The first-order valence-electron chi connectivity index (χ1n) is 21.7. The molecule has 0 unspecified atom stereocenters. The third-order valence-electron chi connectivity index (χ3n) is 11.9. The molecule has 0 fully saturated rings. The summed E-state index contributed by atoms with van der Waals surface area (Å²) < 4.78 is 0. The zero-order valence-corrected chi connectivity index (χ0v) is 42.4. The van der Waals surface area contributed by atoms with Gasteiger partial charge in [0.05, 0.1) is 37.1 Å². The van der Waals surface area contributed by atoms with Crippen LogP contribution in [0, 0.1) is 24.7 Å². The first kappa shape index (κ1) is 48.1. The van der Waals surface area contributed by atoms with Crippen LogP contribution in [0.2, 0.25) is 0 Å². The van der Waals surface area contributed by atoms with Crippen molar-refractivity contribution in [2.45, 2.75) is 0 Å². The summed E-state index contributed by atoms with van der Waals surface area (Å²) in [5.74, 6) is 5.09. The molecule has 0 aliphatic heterocycles. The Hall–Kier alpha value is -5.82. The first-order valence-corrected chi connectivity index (χ1v) is 25.1. The summed E-state index contributed by atoms with van der Waals surface area (Å²) in [5.41, 5.74) is 1.71. The molecule has 66 heavy (non-hydrogen) atoms. The Kier molecular flexibility index (Phi) is 17.2. The summed E-state index contributed by atoms with van der Waals surface area (Å²) in [4.78, 5) is 0. The van der Waals surface area contributed by atoms with E-state index >= 15 is 0 Å². The Bertz CT molecular complexity index is 3250. The van der Waals surface area contributed by atoms with Gasteiger partial charge in [-0.1, -0.05) is 193 Å². The van der Waals surface area contributed by atoms with Crippen LogP contribution in [0.15, 0.2) is 243 Å². The van der Waals surface area contributed by atoms with Crippen LogP contribution >= 0.6 is 15.8 Å². The maximum atomic E-state index is 7.56. The molecule has 0 aromatic heterocycles. The molecule has 0 heterocycles. The molecule has 11 rings (SSSR count). The van der Waals surface area contributed by atoms with Crippen LogP contribution in [0.25, 0.3) is 53.9 Å². The maximum Gasteiger partial charge on any atom is 1.00 e. The molecule has 0 bridgehead atoms. The van der Waals surface area contributed by atoms with Gasteiger partial charge in [0, 0.05) is 0 Å². The van der Waals surface area contributed by atoms with E-state index in [9.17, 15) is 0 Å². The van der Waals surface area contributed by atoms with Crippen LogP contribution in [0.4, 0.5) is 0 Å². The summed E-state index contributed by atoms with van der Waals surface area (Å²) in [7, 11) is -1.57. The SMILES string of the molecule is [Au+].[Au+].[C-]#Cc1cc2c3ccccc3ccc2c2ccccc12.[C-]#Cc1cc2ccccc2c2ccccc12.c1ccc([PH+](CC[PH+](c2ccccc2)c2ccccc2)c2ccccc2)cc1. The number of rotatable bonds is 7. The molecular formula is C62H46Au2P2+2. The molecule has 324 valence electrons. The Balaban J connectivity index is 0.000000151. The number of benzene rings is 11. The second-order valence-corrected chi connectivity index (χ2v) is 20.9. The van der Waals surface area contributed by atoms with E-state index in [1.807, 2.05) is 48.5 Å². The largest absolute Gasteiger partial charge is 1.00 e. The summed E-state index contributed by atoms with van der Waals surface area (Å²) in [5, 5.41) is 17.9. The molecule has 0 N–H and O–H groups in total. The van der Waals surface area contributed by atoms with Crippen molar-refractivity contribution in [3.8, 4) is 11.8 Å². The van der Waals surface area contributed by atoms with Crippen molar-refractivity contribution in [3.05, 3.63) is 267 Å². The van der Waals surface area contributed by atoms with Crippen LogP contribution in [-0.2, 0) is 44.8 Å². The predicted octanol–water partition coefficient (Wildman–Crippen LogP) is 13.7. The van der Waals surface area contributed by atoms with Gasteiger partial charge in [0.25, 0.3) is 0 Å². The second-order valence-electron chi connectivity index (χ2n) is 15.7. The number of hydrogen-bond donors (Lipinski definition) is 0. The third-order valence-corrected chi connectivity index (χ3v) is 18.0. The third kappa shape index (κ3) is 10.9. The summed E-state index contributed by atoms with van der Waals surface area (Å²) >= 11 is 0. The Labute approximate surface area is 423 Å². The molecule has 11 aromatic rings. The average Bonchev–Trinajstić information content (AvgIpc) is 3.38. The van der Waals surface area contributed by atoms with E-state index in [2.05, 4.69) is 206 Å². The molecule has 4 heteroatoms. The van der Waals surface area contributed by atoms with Gasteiger partial charge >= 0.3 is 44.8 Å². The average molecular weight is 1250 g/mol. The van der Waals surface area contributed by atoms with Crippen molar-refractivity contribution in [1.82, 2.24) is 0 Å². The van der Waals surface area contributed by atoms with Gasteiger partial charge in [0.1, 0.15) is 12.3 Å². The second kappa shape index (κ2) is 23.6. The molecule has 0 aliphatic rings. The van der Waals surface area contributed by atoms with E-state index in [0.29, 0.717) is 0 Å². The maximum absolute atomic E-state index is 7.56. The van der Waals surface area contributed by atoms with Crippen molar-refractivity contribution in [2.24, 2.45) is 0 Å². The minimum absolute atomic E-state index is 0. The van der Waals surface area contributed by atoms with Crippen LogP contribution in [0.1, 0.15) is 11.1 Å². The van der Waals surface area contributed by atoms with E-state index < -0.39 is 15.8 Å². The quantitative estimate of drug-likeness (QED) is 0.0490. The summed E-state index contributed by atoms with van der Waals surface area (Å²) in [6, 6.07) is 86.0. The van der Waals surface area contributed by atoms with Crippen LogP contribution in [-0.4, -0.2) is 12.3 Å². The van der Waals surface area contributed by atoms with Crippen molar-refractivity contribution < 1.29 is 44.8 Å². The van der Waals surface area contributed by atoms with E-state index in [1.165, 1.54) is 71.2 Å². The van der Waals surface area contributed by atoms with Crippen molar-refractivity contribution >= 4 is 90.9 Å². The standard InChI is InChI=1S/C26H24P2.C20H11.C16H9.2Au/c1-5-13-23(14-6-1)27(24-15-7-2-8-16-24)21-22-28(25-17-9-3-10-18-25)26-19-11-4-12-20-26;1-2-14-13-20-17-9-4-3-7-15(17)11-12-19(20)18-10-6-5-8-16(14)18;1-2-12-11-13-7-3-4-9-15(13)16-10-6-5-8-14(12)16;;/h1-20H,21-22H2;3-13H;3-11H;;/q;2*-1;2*+1/p+2. The van der Waals surface area contributed by atoms with Crippen molar-refractivity contribution in [3.63, 3.8) is 0 Å². The summed E-state index contributed by atoms with van der Waals surface area (Å²) in [6.07, 6.45) is 17.4. The molecule has 0 amide bonds. The molecule has 0 saturated heterocycles. The first-order chi connectivity index (χ1) is 31.7. The van der Waals surface area contributed by atoms with Crippen LogP contribution < -0.4 is 21.2 Å². The molecule has 0 radical (unpaired) electrons. The molecule has 0 nitrogen and oxygen atoms in total. The fourth-order valence-corrected chi connectivity index (χ4v) is 15.0. The molecule has 0 atom stereocenters. The van der Waals surface area contributed by atoms with Gasteiger partial charge < -0.3 is 12.8 Å². The van der Waals surface area contributed by atoms with Gasteiger partial charge in [-0.3, -0.25) is 11.8 Å². The Morgan fingerprint density at radius 3 is 1.00 bits per heavy atom. The molecule has 0 saturated carbocycles. The minimum atomic E-state index is -0.783. The summed E-state index contributed by atoms with van der Waals surface area (Å²) in [6.45, 7) is 0. The van der Waals surface area contributed by atoms with Gasteiger partial charge in [-0.25, -0.2) is 0 Å². The van der Waals surface area contributed by atoms with Crippen LogP contribution in [0.5, 0.6) is 0 Å². The Morgan fingerprint density at radius 1 is 0.273 bits per heavy atom. The monoisotopic (exact) mass is 1250 g/mol. The fraction of sp³-hybridized carbons (Fsp3) is 0.0323. The topological polar surface area (TPSA) is 0 Å². The number of hydrogen-bond acceptors (Lipinski definition) is 0. The van der Waals surface area contributed by atoms with Gasteiger partial charge in [0.15, 0.2) is 0 Å². The fourth-order valence-electron chi connectivity index (χ4n) is 8.84. The van der Waals surface area contributed by atoms with E-state index in [0.717, 1.165) is 27.3 Å².